The summed E-state index contributed by atoms with van der Waals surface area (Å²) in [6, 6.07) is 20.9. The van der Waals surface area contributed by atoms with Gasteiger partial charge in [-0.2, -0.15) is 5.10 Å². The number of hydrogen-bond acceptors (Lipinski definition) is 3. The minimum atomic E-state index is 0.411. The van der Waals surface area contributed by atoms with E-state index < -0.39 is 0 Å². The molecule has 4 rings (SSSR count). The van der Waals surface area contributed by atoms with Gasteiger partial charge in [-0.3, -0.25) is 4.90 Å². The molecule has 0 saturated carbocycles. The Hall–Kier alpha value is -2.43. The molecule has 0 radical (unpaired) electrons. The third kappa shape index (κ3) is 5.14. The van der Waals surface area contributed by atoms with E-state index >= 15 is 0 Å². The van der Waals surface area contributed by atoms with Crippen molar-refractivity contribution in [3.63, 3.8) is 0 Å². The number of piperidine rings is 1. The maximum absolute atomic E-state index is 6.05. The van der Waals surface area contributed by atoms with E-state index in [1.165, 1.54) is 11.1 Å². The summed E-state index contributed by atoms with van der Waals surface area (Å²) in [5, 5.41) is 4.95. The van der Waals surface area contributed by atoms with E-state index in [0.717, 1.165) is 50.5 Å². The van der Waals surface area contributed by atoms with Crippen molar-refractivity contribution in [1.82, 2.24) is 14.7 Å². The Morgan fingerprint density at radius 1 is 0.966 bits per heavy atom. The number of ether oxygens (including phenoxy) is 1. The van der Waals surface area contributed by atoms with Gasteiger partial charge in [0.2, 0.25) is 0 Å². The van der Waals surface area contributed by atoms with E-state index in [4.69, 9.17) is 9.84 Å². The number of aromatic nitrogens is 2. The molecule has 1 aliphatic heterocycles. The van der Waals surface area contributed by atoms with E-state index in [1.54, 1.807) is 0 Å². The molecule has 4 heteroatoms. The van der Waals surface area contributed by atoms with Crippen LogP contribution < -0.4 is 0 Å². The summed E-state index contributed by atoms with van der Waals surface area (Å²) < 4.78 is 8.06. The molecular formula is C25H31N3O. The summed E-state index contributed by atoms with van der Waals surface area (Å²) in [5.74, 6) is 0.602. The summed E-state index contributed by atoms with van der Waals surface area (Å²) in [4.78, 5) is 2.54. The van der Waals surface area contributed by atoms with E-state index in [-0.39, 0.29) is 0 Å². The van der Waals surface area contributed by atoms with Gasteiger partial charge < -0.3 is 4.74 Å². The van der Waals surface area contributed by atoms with Crippen molar-refractivity contribution in [2.45, 2.75) is 39.3 Å². The molecule has 0 bridgehead atoms. The predicted octanol–water partition coefficient (Wildman–Crippen LogP) is 5.18. The van der Waals surface area contributed by atoms with Gasteiger partial charge in [0.1, 0.15) is 0 Å². The fourth-order valence-electron chi connectivity index (χ4n) is 3.88. The van der Waals surface area contributed by atoms with Crippen LogP contribution in [0.2, 0.25) is 0 Å². The first-order valence-electron chi connectivity index (χ1n) is 10.7. The first kappa shape index (κ1) is 19.9. The van der Waals surface area contributed by atoms with Crippen LogP contribution in [-0.2, 0) is 11.3 Å². The van der Waals surface area contributed by atoms with Crippen molar-refractivity contribution in [2.75, 3.05) is 19.7 Å². The third-order valence-electron chi connectivity index (χ3n) is 5.45. The van der Waals surface area contributed by atoms with Gasteiger partial charge in [-0.25, -0.2) is 4.68 Å². The van der Waals surface area contributed by atoms with E-state index in [9.17, 15) is 0 Å². The van der Waals surface area contributed by atoms with Crippen LogP contribution in [0.5, 0.6) is 0 Å². The molecule has 2 aromatic carbocycles. The van der Waals surface area contributed by atoms with E-state index in [1.807, 2.05) is 10.7 Å². The zero-order valence-corrected chi connectivity index (χ0v) is 17.5. The lowest BCUT2D eigenvalue weighted by molar-refractivity contribution is -0.00582. The summed E-state index contributed by atoms with van der Waals surface area (Å²) in [6.45, 7) is 8.37. The van der Waals surface area contributed by atoms with Crippen LogP contribution in [0.25, 0.3) is 16.9 Å². The number of rotatable bonds is 7. The van der Waals surface area contributed by atoms with Gasteiger partial charge in [0.25, 0.3) is 0 Å². The zero-order chi connectivity index (χ0) is 20.1. The molecule has 1 aromatic heterocycles. The standard InChI is InChI=1S/C25H31N3O/c1-20(2)19-29-24-13-15-27(16-14-24)17-22-18-28(23-11-7-4-8-12-23)26-25(22)21-9-5-3-6-10-21/h3-12,18,20,24H,13-17,19H2,1-2H3. The average molecular weight is 390 g/mol. The molecule has 0 atom stereocenters. The number of para-hydroxylation sites is 1. The lowest BCUT2D eigenvalue weighted by atomic mass is 10.0. The first-order chi connectivity index (χ1) is 14.2. The topological polar surface area (TPSA) is 30.3 Å². The van der Waals surface area contributed by atoms with Gasteiger partial charge in [0.15, 0.2) is 0 Å². The van der Waals surface area contributed by atoms with Gasteiger partial charge in [-0.05, 0) is 30.9 Å². The van der Waals surface area contributed by atoms with Crippen molar-refractivity contribution in [2.24, 2.45) is 5.92 Å². The maximum atomic E-state index is 6.05. The van der Waals surface area contributed by atoms with Crippen molar-refractivity contribution >= 4 is 0 Å². The molecule has 0 spiro atoms. The van der Waals surface area contributed by atoms with Crippen molar-refractivity contribution < 1.29 is 4.74 Å². The molecule has 0 aliphatic carbocycles. The Balaban J connectivity index is 1.50. The molecule has 0 N–H and O–H groups in total. The normalized spacial score (nSPS) is 15.8. The molecule has 1 aliphatic rings. The Kier molecular flexibility index (Phi) is 6.43. The van der Waals surface area contributed by atoms with Crippen LogP contribution >= 0.6 is 0 Å². The van der Waals surface area contributed by atoms with Crippen molar-refractivity contribution in [3.05, 3.63) is 72.4 Å². The number of hydrogen-bond donors (Lipinski definition) is 0. The lowest BCUT2D eigenvalue weighted by Gasteiger charge is -2.32. The van der Waals surface area contributed by atoms with Crippen LogP contribution in [0, 0.1) is 5.92 Å². The molecule has 2 heterocycles. The Morgan fingerprint density at radius 3 is 2.28 bits per heavy atom. The van der Waals surface area contributed by atoms with Gasteiger partial charge >= 0.3 is 0 Å². The molecule has 0 unspecified atom stereocenters. The smallest absolute Gasteiger partial charge is 0.0972 e. The van der Waals surface area contributed by atoms with Crippen molar-refractivity contribution in [3.8, 4) is 16.9 Å². The highest BCUT2D eigenvalue weighted by atomic mass is 16.5. The molecule has 1 fully saturated rings. The SMILES string of the molecule is CC(C)COC1CCN(Cc2cn(-c3ccccc3)nc2-c2ccccc2)CC1. The molecule has 152 valence electrons. The second-order valence-electron chi connectivity index (χ2n) is 8.35. The monoisotopic (exact) mass is 389 g/mol. The molecule has 0 amide bonds. The van der Waals surface area contributed by atoms with Gasteiger partial charge in [-0.15, -0.1) is 0 Å². The van der Waals surface area contributed by atoms with E-state index in [0.29, 0.717) is 12.0 Å². The maximum Gasteiger partial charge on any atom is 0.0972 e. The Morgan fingerprint density at radius 2 is 1.62 bits per heavy atom. The number of likely N-dealkylation sites (tertiary alicyclic amines) is 1. The number of nitrogens with zero attached hydrogens (tertiary/aromatic N) is 3. The lowest BCUT2D eigenvalue weighted by Crippen LogP contribution is -2.37. The highest BCUT2D eigenvalue weighted by molar-refractivity contribution is 5.63. The van der Waals surface area contributed by atoms with Crippen molar-refractivity contribution in [1.29, 1.82) is 0 Å². The highest BCUT2D eigenvalue weighted by Crippen LogP contribution is 2.26. The second kappa shape index (κ2) is 9.38. The minimum absolute atomic E-state index is 0.411. The predicted molar refractivity (Wildman–Crippen MR) is 118 cm³/mol. The van der Waals surface area contributed by atoms with Crippen LogP contribution in [0.1, 0.15) is 32.3 Å². The molecule has 29 heavy (non-hydrogen) atoms. The van der Waals surface area contributed by atoms with Crippen LogP contribution in [0.4, 0.5) is 0 Å². The van der Waals surface area contributed by atoms with Gasteiger partial charge in [0, 0.05) is 43.6 Å². The van der Waals surface area contributed by atoms with E-state index in [2.05, 4.69) is 79.5 Å². The largest absolute Gasteiger partial charge is 0.378 e. The highest BCUT2D eigenvalue weighted by Gasteiger charge is 2.22. The van der Waals surface area contributed by atoms with Gasteiger partial charge in [-0.1, -0.05) is 62.4 Å². The summed E-state index contributed by atoms with van der Waals surface area (Å²) in [7, 11) is 0. The quantitative estimate of drug-likeness (QED) is 0.558. The fourth-order valence-corrected chi connectivity index (χ4v) is 3.88. The first-order valence-corrected chi connectivity index (χ1v) is 10.7. The molecular weight excluding hydrogens is 358 g/mol. The summed E-state index contributed by atoms with van der Waals surface area (Å²) in [5.41, 5.74) is 4.62. The Labute approximate surface area is 174 Å². The van der Waals surface area contributed by atoms with Crippen LogP contribution in [0.3, 0.4) is 0 Å². The third-order valence-corrected chi connectivity index (χ3v) is 5.45. The molecule has 4 nitrogen and oxygen atoms in total. The number of benzene rings is 2. The van der Waals surface area contributed by atoms with Crippen LogP contribution in [-0.4, -0.2) is 40.5 Å². The molecule has 1 saturated heterocycles. The molecule has 3 aromatic rings. The average Bonchev–Trinajstić information content (AvgIpc) is 3.18. The fraction of sp³-hybridized carbons (Fsp3) is 0.400. The zero-order valence-electron chi connectivity index (χ0n) is 17.5. The van der Waals surface area contributed by atoms with Crippen LogP contribution in [0.15, 0.2) is 66.9 Å². The second-order valence-corrected chi connectivity index (χ2v) is 8.35. The Bertz CT molecular complexity index is 881. The summed E-state index contributed by atoms with van der Waals surface area (Å²) in [6.07, 6.45) is 4.83. The summed E-state index contributed by atoms with van der Waals surface area (Å²) >= 11 is 0. The van der Waals surface area contributed by atoms with Gasteiger partial charge in [0.05, 0.1) is 17.5 Å². The minimum Gasteiger partial charge on any atom is -0.378 e.